The molecular weight excluding hydrogens is 251 g/mol. The number of nitro groups is 1. The molecule has 0 N–H and O–H groups in total. The van der Waals surface area contributed by atoms with Gasteiger partial charge in [0, 0.05) is 11.1 Å². The molecule has 0 spiro atoms. The summed E-state index contributed by atoms with van der Waals surface area (Å²) in [4.78, 5) is 9.80. The van der Waals surface area contributed by atoms with Crippen LogP contribution in [-0.2, 0) is 0 Å². The minimum atomic E-state index is -2.81. The summed E-state index contributed by atoms with van der Waals surface area (Å²) in [7, 11) is 0. The highest BCUT2D eigenvalue weighted by Gasteiger charge is 2.25. The number of halogens is 4. The van der Waals surface area contributed by atoms with E-state index in [1.807, 2.05) is 0 Å². The van der Waals surface area contributed by atoms with Gasteiger partial charge >= 0.3 is 0 Å². The second-order valence-corrected chi connectivity index (χ2v) is 3.57. The first kappa shape index (κ1) is 12.1. The lowest BCUT2D eigenvalue weighted by atomic mass is 10.1. The van der Waals surface area contributed by atoms with Crippen molar-refractivity contribution in [2.45, 2.75) is 13.3 Å². The second-order valence-electron chi connectivity index (χ2n) is 2.82. The summed E-state index contributed by atoms with van der Waals surface area (Å²) in [5.41, 5.74) is -0.875. The Morgan fingerprint density at radius 1 is 1.40 bits per heavy atom. The Bertz CT molecular complexity index is 424. The zero-order chi connectivity index (χ0) is 11.7. The highest BCUT2D eigenvalue weighted by molar-refractivity contribution is 6.44. The molecule has 0 amide bonds. The molecule has 0 aromatic heterocycles. The maximum absolute atomic E-state index is 12.4. The summed E-state index contributed by atoms with van der Waals surface area (Å²) in [6.07, 6.45) is -2.81. The van der Waals surface area contributed by atoms with Crippen LogP contribution in [0.5, 0.6) is 0 Å². The number of rotatable bonds is 2. The summed E-state index contributed by atoms with van der Waals surface area (Å²) in [5, 5.41) is 9.64. The molecule has 0 atom stereocenters. The number of benzene rings is 1. The predicted octanol–water partition coefficient (Wildman–Crippen LogP) is 4.15. The summed E-state index contributed by atoms with van der Waals surface area (Å²) in [5.74, 6) is 0. The molecule has 7 heteroatoms. The zero-order valence-corrected chi connectivity index (χ0v) is 8.94. The van der Waals surface area contributed by atoms with E-state index in [9.17, 15) is 18.9 Å². The van der Waals surface area contributed by atoms with Gasteiger partial charge in [-0.05, 0) is 13.0 Å². The normalized spacial score (nSPS) is 10.8. The molecule has 0 aliphatic heterocycles. The van der Waals surface area contributed by atoms with Crippen LogP contribution in [0.2, 0.25) is 10.0 Å². The van der Waals surface area contributed by atoms with E-state index in [0.29, 0.717) is 0 Å². The van der Waals surface area contributed by atoms with E-state index >= 15 is 0 Å². The molecule has 0 heterocycles. The monoisotopic (exact) mass is 255 g/mol. The van der Waals surface area contributed by atoms with Crippen LogP contribution in [0, 0.1) is 17.0 Å². The summed E-state index contributed by atoms with van der Waals surface area (Å²) < 4.78 is 24.8. The first-order chi connectivity index (χ1) is 6.86. The van der Waals surface area contributed by atoms with Gasteiger partial charge in [0.15, 0.2) is 0 Å². The van der Waals surface area contributed by atoms with Gasteiger partial charge in [-0.15, -0.1) is 0 Å². The number of hydrogen-bond acceptors (Lipinski definition) is 2. The Kier molecular flexibility index (Phi) is 3.46. The van der Waals surface area contributed by atoms with E-state index in [2.05, 4.69) is 0 Å². The fourth-order valence-corrected chi connectivity index (χ4v) is 1.71. The van der Waals surface area contributed by atoms with E-state index in [1.54, 1.807) is 0 Å². The average Bonchev–Trinajstić information content (AvgIpc) is 2.10. The van der Waals surface area contributed by atoms with Crippen molar-refractivity contribution < 1.29 is 13.7 Å². The van der Waals surface area contributed by atoms with E-state index in [1.165, 1.54) is 6.92 Å². The quantitative estimate of drug-likeness (QED) is 0.589. The van der Waals surface area contributed by atoms with Crippen LogP contribution < -0.4 is 0 Å². The minimum absolute atomic E-state index is 0.0599. The first-order valence-corrected chi connectivity index (χ1v) is 4.53. The van der Waals surface area contributed by atoms with Gasteiger partial charge in [0.1, 0.15) is 5.02 Å². The van der Waals surface area contributed by atoms with Gasteiger partial charge in [-0.25, -0.2) is 8.78 Å². The molecule has 1 aromatic carbocycles. The van der Waals surface area contributed by atoms with Crippen LogP contribution in [0.15, 0.2) is 6.07 Å². The van der Waals surface area contributed by atoms with Gasteiger partial charge in [0.05, 0.1) is 9.95 Å². The highest BCUT2D eigenvalue weighted by Crippen LogP contribution is 2.40. The van der Waals surface area contributed by atoms with Crippen molar-refractivity contribution in [3.8, 4) is 0 Å². The molecule has 1 rings (SSSR count). The van der Waals surface area contributed by atoms with E-state index < -0.39 is 32.6 Å². The van der Waals surface area contributed by atoms with Crippen molar-refractivity contribution in [1.82, 2.24) is 0 Å². The van der Waals surface area contributed by atoms with Crippen molar-refractivity contribution in [2.75, 3.05) is 0 Å². The van der Waals surface area contributed by atoms with Crippen molar-refractivity contribution in [3.05, 3.63) is 37.4 Å². The molecule has 1 aromatic rings. The van der Waals surface area contributed by atoms with Gasteiger partial charge in [-0.2, -0.15) is 0 Å². The van der Waals surface area contributed by atoms with Crippen molar-refractivity contribution in [3.63, 3.8) is 0 Å². The van der Waals surface area contributed by atoms with Gasteiger partial charge in [0.25, 0.3) is 12.1 Å². The Morgan fingerprint density at radius 3 is 2.33 bits per heavy atom. The summed E-state index contributed by atoms with van der Waals surface area (Å²) in [6, 6.07) is 0.969. The van der Waals surface area contributed by atoms with Crippen LogP contribution in [0.1, 0.15) is 17.6 Å². The van der Waals surface area contributed by atoms with Crippen LogP contribution in [-0.4, -0.2) is 4.92 Å². The van der Waals surface area contributed by atoms with E-state index in [4.69, 9.17) is 23.2 Å². The standard InChI is InChI=1S/C8H5Cl2F2NO2/c1-3-2-4(8(11)12)5(9)6(10)7(3)13(14)15/h2,8H,1H3. The molecule has 3 nitrogen and oxygen atoms in total. The molecule has 0 saturated carbocycles. The van der Waals surface area contributed by atoms with Crippen LogP contribution in [0.25, 0.3) is 0 Å². The zero-order valence-electron chi connectivity index (χ0n) is 7.43. The van der Waals surface area contributed by atoms with Crippen molar-refractivity contribution >= 4 is 28.9 Å². The third-order valence-corrected chi connectivity index (χ3v) is 2.69. The lowest BCUT2D eigenvalue weighted by molar-refractivity contribution is -0.385. The molecule has 0 radical (unpaired) electrons. The summed E-state index contributed by atoms with van der Waals surface area (Å²) >= 11 is 11.0. The number of nitrogens with zero attached hydrogens (tertiary/aromatic N) is 1. The number of nitro benzene ring substituents is 1. The predicted molar refractivity (Wildman–Crippen MR) is 52.8 cm³/mol. The minimum Gasteiger partial charge on any atom is -0.258 e. The maximum Gasteiger partial charge on any atom is 0.292 e. The Hall–Kier alpha value is -0.940. The molecule has 15 heavy (non-hydrogen) atoms. The Labute approximate surface area is 93.8 Å². The average molecular weight is 256 g/mol. The number of alkyl halides is 2. The Morgan fingerprint density at radius 2 is 1.93 bits per heavy atom. The molecule has 0 fully saturated rings. The molecular formula is C8H5Cl2F2NO2. The van der Waals surface area contributed by atoms with Crippen LogP contribution in [0.4, 0.5) is 14.5 Å². The SMILES string of the molecule is Cc1cc(C(F)F)c(Cl)c(Cl)c1[N+](=O)[O-]. The molecule has 0 unspecified atom stereocenters. The lowest BCUT2D eigenvalue weighted by Gasteiger charge is -2.07. The van der Waals surface area contributed by atoms with E-state index in [0.717, 1.165) is 6.07 Å². The summed E-state index contributed by atoms with van der Waals surface area (Å²) in [6.45, 7) is 1.33. The fourth-order valence-electron chi connectivity index (χ4n) is 1.15. The lowest BCUT2D eigenvalue weighted by Crippen LogP contribution is -1.97. The van der Waals surface area contributed by atoms with Crippen molar-refractivity contribution in [2.24, 2.45) is 0 Å². The first-order valence-electron chi connectivity index (χ1n) is 3.77. The highest BCUT2D eigenvalue weighted by atomic mass is 35.5. The molecule has 0 aliphatic rings. The van der Waals surface area contributed by atoms with Gasteiger partial charge in [-0.3, -0.25) is 10.1 Å². The van der Waals surface area contributed by atoms with Gasteiger partial charge in [0.2, 0.25) is 0 Å². The van der Waals surface area contributed by atoms with Crippen LogP contribution >= 0.6 is 23.2 Å². The van der Waals surface area contributed by atoms with Gasteiger partial charge < -0.3 is 0 Å². The third kappa shape index (κ3) is 2.18. The Balaban J connectivity index is 3.51. The van der Waals surface area contributed by atoms with Crippen molar-refractivity contribution in [1.29, 1.82) is 0 Å². The molecule has 0 bridgehead atoms. The fraction of sp³-hybridized carbons (Fsp3) is 0.250. The maximum atomic E-state index is 12.4. The third-order valence-electron chi connectivity index (χ3n) is 1.82. The van der Waals surface area contributed by atoms with Crippen LogP contribution in [0.3, 0.4) is 0 Å². The smallest absolute Gasteiger partial charge is 0.258 e. The number of hydrogen-bond donors (Lipinski definition) is 0. The molecule has 0 saturated heterocycles. The molecule has 0 aliphatic carbocycles. The topological polar surface area (TPSA) is 43.1 Å². The second kappa shape index (κ2) is 4.28. The number of aryl methyl sites for hydroxylation is 1. The molecule has 82 valence electrons. The van der Waals surface area contributed by atoms with E-state index in [-0.39, 0.29) is 5.56 Å². The largest absolute Gasteiger partial charge is 0.292 e. The van der Waals surface area contributed by atoms with Gasteiger partial charge in [-0.1, -0.05) is 23.2 Å².